The normalized spacial score (nSPS) is 16.8. The molecule has 0 saturated carbocycles. The monoisotopic (exact) mass is 346 g/mol. The van der Waals surface area contributed by atoms with Crippen LogP contribution in [0.15, 0.2) is 24.3 Å². The van der Waals surface area contributed by atoms with E-state index in [0.29, 0.717) is 23.8 Å². The van der Waals surface area contributed by atoms with Gasteiger partial charge in [0.15, 0.2) is 0 Å². The highest BCUT2D eigenvalue weighted by molar-refractivity contribution is 6.05. The molecule has 0 aliphatic carbocycles. The van der Waals surface area contributed by atoms with Crippen LogP contribution in [0, 0.1) is 5.92 Å². The number of carbonyl (C=O) groups is 3. The topological polar surface area (TPSA) is 81.8 Å². The van der Waals surface area contributed by atoms with Gasteiger partial charge in [-0.3, -0.25) is 9.59 Å². The molecule has 0 fully saturated rings. The summed E-state index contributed by atoms with van der Waals surface area (Å²) in [5.41, 5.74) is 1.26. The predicted octanol–water partition coefficient (Wildman–Crippen LogP) is 2.05. The summed E-state index contributed by atoms with van der Waals surface area (Å²) in [4.78, 5) is 39.9. The Kier molecular flexibility index (Phi) is 6.01. The maximum absolute atomic E-state index is 12.8. The first kappa shape index (κ1) is 18.8. The van der Waals surface area contributed by atoms with Crippen LogP contribution in [-0.4, -0.2) is 48.9 Å². The van der Waals surface area contributed by atoms with E-state index in [4.69, 9.17) is 0 Å². The van der Waals surface area contributed by atoms with E-state index in [1.54, 1.807) is 24.1 Å². The van der Waals surface area contributed by atoms with E-state index in [1.807, 2.05) is 32.9 Å². The van der Waals surface area contributed by atoms with Crippen LogP contribution in [-0.2, 0) is 9.59 Å². The van der Waals surface area contributed by atoms with Gasteiger partial charge in [-0.1, -0.05) is 26.0 Å². The Morgan fingerprint density at radius 2 is 2.04 bits per heavy atom. The number of nitrogens with one attached hydrogen (secondary N) is 2. The van der Waals surface area contributed by atoms with E-state index in [-0.39, 0.29) is 36.9 Å². The fourth-order valence-corrected chi connectivity index (χ4v) is 2.75. The number of hydrogen-bond donors (Lipinski definition) is 2. The number of rotatable bonds is 4. The molecule has 2 N–H and O–H groups in total. The molecule has 1 heterocycles. The highest BCUT2D eigenvalue weighted by Gasteiger charge is 2.30. The third-order valence-electron chi connectivity index (χ3n) is 4.01. The fourth-order valence-electron chi connectivity index (χ4n) is 2.75. The minimum atomic E-state index is -0.289. The zero-order chi connectivity index (χ0) is 18.6. The molecule has 2 rings (SSSR count). The van der Waals surface area contributed by atoms with Gasteiger partial charge in [0.25, 0.3) is 0 Å². The number of para-hydroxylation sites is 2. The molecule has 0 aromatic heterocycles. The second kappa shape index (κ2) is 8.00. The highest BCUT2D eigenvalue weighted by Crippen LogP contribution is 2.31. The Morgan fingerprint density at radius 3 is 2.72 bits per heavy atom. The Balaban J connectivity index is 2.14. The number of anilines is 2. The molecule has 1 aliphatic heterocycles. The number of fused-ring (bicyclic) bond motifs is 1. The number of likely N-dealkylation sites (N-methyl/N-ethyl adjacent to an activating group) is 1. The first-order chi connectivity index (χ1) is 11.8. The Hall–Kier alpha value is -2.57. The zero-order valence-electron chi connectivity index (χ0n) is 15.2. The van der Waals surface area contributed by atoms with Crippen LogP contribution in [0.4, 0.5) is 16.2 Å². The predicted molar refractivity (Wildman–Crippen MR) is 97.5 cm³/mol. The van der Waals surface area contributed by atoms with Crippen molar-refractivity contribution in [2.45, 2.75) is 33.2 Å². The van der Waals surface area contributed by atoms with Gasteiger partial charge in [-0.15, -0.1) is 0 Å². The first-order valence-electron chi connectivity index (χ1n) is 8.49. The van der Waals surface area contributed by atoms with Crippen molar-refractivity contribution in [3.8, 4) is 0 Å². The lowest BCUT2D eigenvalue weighted by Gasteiger charge is -2.29. The van der Waals surface area contributed by atoms with Crippen molar-refractivity contribution in [3.63, 3.8) is 0 Å². The first-order valence-corrected chi connectivity index (χ1v) is 8.49. The van der Waals surface area contributed by atoms with Crippen molar-refractivity contribution in [1.82, 2.24) is 10.2 Å². The lowest BCUT2D eigenvalue weighted by molar-refractivity contribution is -0.119. The van der Waals surface area contributed by atoms with Crippen LogP contribution >= 0.6 is 0 Å². The molecular weight excluding hydrogens is 320 g/mol. The summed E-state index contributed by atoms with van der Waals surface area (Å²) in [5, 5.41) is 5.61. The molecule has 25 heavy (non-hydrogen) atoms. The molecule has 1 aromatic rings. The molecule has 4 amide bonds. The summed E-state index contributed by atoms with van der Waals surface area (Å²) in [6.07, 6.45) is 0.212. The molecule has 0 unspecified atom stereocenters. The number of benzene rings is 1. The molecule has 0 bridgehead atoms. The Morgan fingerprint density at radius 1 is 1.36 bits per heavy atom. The summed E-state index contributed by atoms with van der Waals surface area (Å²) in [6, 6.07) is 6.62. The van der Waals surface area contributed by atoms with E-state index in [1.165, 1.54) is 4.90 Å². The van der Waals surface area contributed by atoms with Crippen molar-refractivity contribution in [2.24, 2.45) is 5.92 Å². The molecule has 1 aromatic carbocycles. The second-order valence-corrected chi connectivity index (χ2v) is 6.82. The summed E-state index contributed by atoms with van der Waals surface area (Å²) >= 11 is 0. The molecule has 0 radical (unpaired) electrons. The van der Waals surface area contributed by atoms with Crippen molar-refractivity contribution in [1.29, 1.82) is 0 Å². The molecule has 0 saturated heterocycles. The lowest BCUT2D eigenvalue weighted by Crippen LogP contribution is -2.48. The molecule has 0 spiro atoms. The molecular formula is C18H26N4O3. The molecule has 7 nitrogen and oxygen atoms in total. The standard InChI is InChI=1S/C18H26N4O3/c1-12(2)10-19-18(25)21(4)11-17(24)22-13(3)9-16(23)20-14-7-5-6-8-15(14)22/h5-8,12-13H,9-11H2,1-4H3,(H,19,25)(H,20,23)/t13-/m0/s1. The van der Waals surface area contributed by atoms with Crippen LogP contribution in [0.5, 0.6) is 0 Å². The van der Waals surface area contributed by atoms with Gasteiger partial charge in [0.2, 0.25) is 11.8 Å². The average molecular weight is 346 g/mol. The number of hydrogen-bond acceptors (Lipinski definition) is 3. The third-order valence-corrected chi connectivity index (χ3v) is 4.01. The van der Waals surface area contributed by atoms with E-state index in [9.17, 15) is 14.4 Å². The van der Waals surface area contributed by atoms with Crippen molar-refractivity contribution in [3.05, 3.63) is 24.3 Å². The van der Waals surface area contributed by atoms with Crippen LogP contribution in [0.1, 0.15) is 27.2 Å². The maximum atomic E-state index is 12.8. The van der Waals surface area contributed by atoms with E-state index in [2.05, 4.69) is 10.6 Å². The van der Waals surface area contributed by atoms with E-state index in [0.717, 1.165) is 0 Å². The Labute approximate surface area is 148 Å². The zero-order valence-corrected chi connectivity index (χ0v) is 15.2. The molecule has 7 heteroatoms. The van der Waals surface area contributed by atoms with Gasteiger partial charge in [0.1, 0.15) is 6.54 Å². The van der Waals surface area contributed by atoms with Crippen LogP contribution < -0.4 is 15.5 Å². The Bertz CT molecular complexity index is 659. The van der Waals surface area contributed by atoms with Gasteiger partial charge in [-0.25, -0.2) is 4.79 Å². The van der Waals surface area contributed by atoms with E-state index < -0.39 is 0 Å². The number of urea groups is 1. The summed E-state index contributed by atoms with van der Waals surface area (Å²) in [5.74, 6) is -0.0143. The minimum Gasteiger partial charge on any atom is -0.338 e. The van der Waals surface area contributed by atoms with Crippen molar-refractivity contribution in [2.75, 3.05) is 30.4 Å². The van der Waals surface area contributed by atoms with Crippen molar-refractivity contribution >= 4 is 29.2 Å². The molecule has 1 aliphatic rings. The third kappa shape index (κ3) is 4.71. The van der Waals surface area contributed by atoms with Gasteiger partial charge in [-0.2, -0.15) is 0 Å². The van der Waals surface area contributed by atoms with Gasteiger partial charge >= 0.3 is 6.03 Å². The molecule has 1 atom stereocenters. The van der Waals surface area contributed by atoms with E-state index >= 15 is 0 Å². The lowest BCUT2D eigenvalue weighted by atomic mass is 10.1. The van der Waals surface area contributed by atoms with Crippen molar-refractivity contribution < 1.29 is 14.4 Å². The number of amides is 4. The summed E-state index contributed by atoms with van der Waals surface area (Å²) in [6.45, 7) is 6.34. The van der Waals surface area contributed by atoms with Crippen LogP contribution in [0.3, 0.4) is 0 Å². The van der Waals surface area contributed by atoms with Gasteiger partial charge in [-0.05, 0) is 25.0 Å². The van der Waals surface area contributed by atoms with Gasteiger partial charge in [0.05, 0.1) is 11.4 Å². The summed E-state index contributed by atoms with van der Waals surface area (Å²) in [7, 11) is 1.59. The largest absolute Gasteiger partial charge is 0.338 e. The van der Waals surface area contributed by atoms with Gasteiger partial charge in [0, 0.05) is 26.1 Å². The SMILES string of the molecule is CC(C)CNC(=O)N(C)CC(=O)N1c2ccccc2NC(=O)C[C@@H]1C. The molecule has 136 valence electrons. The quantitative estimate of drug-likeness (QED) is 0.875. The highest BCUT2D eigenvalue weighted by atomic mass is 16.2. The smallest absolute Gasteiger partial charge is 0.317 e. The van der Waals surface area contributed by atoms with Crippen LogP contribution in [0.25, 0.3) is 0 Å². The fraction of sp³-hybridized carbons (Fsp3) is 0.500. The number of nitrogens with zero attached hydrogens (tertiary/aromatic N) is 2. The van der Waals surface area contributed by atoms with Gasteiger partial charge < -0.3 is 20.4 Å². The minimum absolute atomic E-state index is 0.0587. The summed E-state index contributed by atoms with van der Waals surface area (Å²) < 4.78 is 0. The number of carbonyl (C=O) groups excluding carboxylic acids is 3. The average Bonchev–Trinajstić information content (AvgIpc) is 2.66. The van der Waals surface area contributed by atoms with Crippen LogP contribution in [0.2, 0.25) is 0 Å². The maximum Gasteiger partial charge on any atom is 0.317 e. The second-order valence-electron chi connectivity index (χ2n) is 6.82.